The molecule has 0 aliphatic heterocycles. The number of aryl methyl sites for hydroxylation is 1. The van der Waals surface area contributed by atoms with E-state index in [1.165, 1.54) is 6.20 Å². The Morgan fingerprint density at radius 2 is 2.00 bits per heavy atom. The number of nitrogens with one attached hydrogen (secondary N) is 2. The van der Waals surface area contributed by atoms with Crippen LogP contribution >= 0.6 is 0 Å². The Morgan fingerprint density at radius 3 is 2.67 bits per heavy atom. The Hall–Kier alpha value is -1.92. The van der Waals surface area contributed by atoms with Gasteiger partial charge in [-0.05, 0) is 50.2 Å². The first-order chi connectivity index (χ1) is 9.94. The van der Waals surface area contributed by atoms with Crippen molar-refractivity contribution in [2.75, 3.05) is 11.8 Å². The number of benzene rings is 1. The summed E-state index contributed by atoms with van der Waals surface area (Å²) in [6.07, 6.45) is 3.13. The third-order valence-electron chi connectivity index (χ3n) is 3.38. The van der Waals surface area contributed by atoms with Gasteiger partial charge in [-0.3, -0.25) is 9.71 Å². The van der Waals surface area contributed by atoms with E-state index in [0.717, 1.165) is 11.1 Å². The summed E-state index contributed by atoms with van der Waals surface area (Å²) in [4.78, 5) is 4.19. The summed E-state index contributed by atoms with van der Waals surface area (Å²) in [6.45, 7) is 3.81. The molecule has 1 heterocycles. The van der Waals surface area contributed by atoms with Crippen molar-refractivity contribution in [1.29, 1.82) is 0 Å². The number of rotatable bonds is 5. The molecule has 0 saturated carbocycles. The minimum Gasteiger partial charge on any atom is -0.313 e. The number of aromatic nitrogens is 1. The van der Waals surface area contributed by atoms with Crippen LogP contribution in [0.5, 0.6) is 0 Å². The number of sulfonamides is 1. The molecule has 2 aromatic rings. The quantitative estimate of drug-likeness (QED) is 0.890. The number of pyridine rings is 1. The summed E-state index contributed by atoms with van der Waals surface area (Å²) in [7, 11) is -1.78. The molecule has 0 radical (unpaired) electrons. The number of hydrogen-bond donors (Lipinski definition) is 2. The van der Waals surface area contributed by atoms with Gasteiger partial charge in [-0.15, -0.1) is 0 Å². The third kappa shape index (κ3) is 3.59. The summed E-state index contributed by atoms with van der Waals surface area (Å²) in [5.41, 5.74) is 2.24. The van der Waals surface area contributed by atoms with Gasteiger partial charge in [-0.25, -0.2) is 8.42 Å². The molecule has 0 spiro atoms. The first-order valence-corrected chi connectivity index (χ1v) is 8.13. The van der Waals surface area contributed by atoms with E-state index >= 15 is 0 Å². The van der Waals surface area contributed by atoms with Crippen LogP contribution in [-0.4, -0.2) is 20.4 Å². The second kappa shape index (κ2) is 6.24. The van der Waals surface area contributed by atoms with Crippen LogP contribution in [0.4, 0.5) is 5.69 Å². The van der Waals surface area contributed by atoms with E-state index in [2.05, 4.69) is 15.0 Å². The predicted molar refractivity (Wildman–Crippen MR) is 83.7 cm³/mol. The molecule has 2 N–H and O–H groups in total. The summed E-state index contributed by atoms with van der Waals surface area (Å²) in [6, 6.07) is 8.75. The highest BCUT2D eigenvalue weighted by molar-refractivity contribution is 7.92. The van der Waals surface area contributed by atoms with Gasteiger partial charge in [-0.2, -0.15) is 0 Å². The molecule has 0 saturated heterocycles. The smallest absolute Gasteiger partial charge is 0.261 e. The van der Waals surface area contributed by atoms with Crippen LogP contribution < -0.4 is 10.0 Å². The standard InChI is InChI=1S/C15H19N3O2S/c1-11-7-8-17-10-15(11)18-21(19,20)14-6-4-5-13(9-14)12(2)16-3/h4-10,12,16,18H,1-3H3. The Bertz CT molecular complexity index is 729. The molecule has 1 aromatic carbocycles. The highest BCUT2D eigenvalue weighted by Gasteiger charge is 2.16. The van der Waals surface area contributed by atoms with E-state index in [-0.39, 0.29) is 10.9 Å². The van der Waals surface area contributed by atoms with Crippen molar-refractivity contribution in [1.82, 2.24) is 10.3 Å². The normalized spacial score (nSPS) is 12.9. The lowest BCUT2D eigenvalue weighted by molar-refractivity contribution is 0.600. The molecule has 112 valence electrons. The maximum atomic E-state index is 12.5. The second-order valence-electron chi connectivity index (χ2n) is 4.88. The summed E-state index contributed by atoms with van der Waals surface area (Å²) in [5.74, 6) is 0. The lowest BCUT2D eigenvalue weighted by atomic mass is 10.1. The highest BCUT2D eigenvalue weighted by atomic mass is 32.2. The van der Waals surface area contributed by atoms with Crippen LogP contribution in [-0.2, 0) is 10.0 Å². The van der Waals surface area contributed by atoms with Gasteiger partial charge in [0.15, 0.2) is 0 Å². The fourth-order valence-electron chi connectivity index (χ4n) is 1.89. The third-order valence-corrected chi connectivity index (χ3v) is 4.75. The van der Waals surface area contributed by atoms with Crippen LogP contribution in [0.25, 0.3) is 0 Å². The number of hydrogen-bond acceptors (Lipinski definition) is 4. The molecular formula is C15H19N3O2S. The second-order valence-corrected chi connectivity index (χ2v) is 6.56. The fraction of sp³-hybridized carbons (Fsp3) is 0.267. The molecule has 6 heteroatoms. The minimum atomic E-state index is -3.62. The van der Waals surface area contributed by atoms with Crippen molar-refractivity contribution in [3.8, 4) is 0 Å². The molecular weight excluding hydrogens is 286 g/mol. The average Bonchev–Trinajstić information content (AvgIpc) is 2.49. The van der Waals surface area contributed by atoms with E-state index in [1.54, 1.807) is 30.5 Å². The molecule has 0 fully saturated rings. The van der Waals surface area contributed by atoms with Gasteiger partial charge >= 0.3 is 0 Å². The van der Waals surface area contributed by atoms with Crippen molar-refractivity contribution in [3.05, 3.63) is 53.9 Å². The van der Waals surface area contributed by atoms with Crippen LogP contribution in [0, 0.1) is 6.92 Å². The summed E-state index contributed by atoms with van der Waals surface area (Å²) < 4.78 is 27.5. The van der Waals surface area contributed by atoms with Crippen molar-refractivity contribution >= 4 is 15.7 Å². The first kappa shape index (κ1) is 15.5. The van der Waals surface area contributed by atoms with Gasteiger partial charge in [-0.1, -0.05) is 12.1 Å². The van der Waals surface area contributed by atoms with Gasteiger partial charge in [0.2, 0.25) is 0 Å². The van der Waals surface area contributed by atoms with E-state index in [4.69, 9.17) is 0 Å². The van der Waals surface area contributed by atoms with Crippen molar-refractivity contribution < 1.29 is 8.42 Å². The Kier molecular flexibility index (Phi) is 4.59. The van der Waals surface area contributed by atoms with E-state index in [0.29, 0.717) is 5.69 Å². The molecule has 1 unspecified atom stereocenters. The topological polar surface area (TPSA) is 71.1 Å². The monoisotopic (exact) mass is 305 g/mol. The SMILES string of the molecule is CNC(C)c1cccc(S(=O)(=O)Nc2cnccc2C)c1. The van der Waals surface area contributed by atoms with Gasteiger partial charge < -0.3 is 5.32 Å². The molecule has 0 bridgehead atoms. The van der Waals surface area contributed by atoms with Crippen molar-refractivity contribution in [2.45, 2.75) is 24.8 Å². The summed E-state index contributed by atoms with van der Waals surface area (Å²) in [5, 5.41) is 3.09. The first-order valence-electron chi connectivity index (χ1n) is 6.64. The maximum Gasteiger partial charge on any atom is 0.261 e. The van der Waals surface area contributed by atoms with Crippen LogP contribution in [0.2, 0.25) is 0 Å². The van der Waals surface area contributed by atoms with E-state index < -0.39 is 10.0 Å². The summed E-state index contributed by atoms with van der Waals surface area (Å²) >= 11 is 0. The molecule has 0 amide bonds. The zero-order chi connectivity index (χ0) is 15.5. The molecule has 0 aliphatic carbocycles. The lowest BCUT2D eigenvalue weighted by Gasteiger charge is -2.13. The Balaban J connectivity index is 2.34. The zero-order valence-electron chi connectivity index (χ0n) is 12.3. The largest absolute Gasteiger partial charge is 0.313 e. The predicted octanol–water partition coefficient (Wildman–Crippen LogP) is 2.47. The average molecular weight is 305 g/mol. The van der Waals surface area contributed by atoms with Gasteiger partial charge in [0.1, 0.15) is 0 Å². The molecule has 1 aromatic heterocycles. The number of anilines is 1. The molecule has 0 aliphatic rings. The van der Waals surface area contributed by atoms with Crippen molar-refractivity contribution in [3.63, 3.8) is 0 Å². The van der Waals surface area contributed by atoms with E-state index in [9.17, 15) is 8.42 Å². The molecule has 2 rings (SSSR count). The zero-order valence-corrected chi connectivity index (χ0v) is 13.1. The van der Waals surface area contributed by atoms with Crippen LogP contribution in [0.3, 0.4) is 0 Å². The highest BCUT2D eigenvalue weighted by Crippen LogP contribution is 2.21. The maximum absolute atomic E-state index is 12.5. The molecule has 21 heavy (non-hydrogen) atoms. The Labute approximate surface area is 125 Å². The minimum absolute atomic E-state index is 0.0836. The van der Waals surface area contributed by atoms with Crippen LogP contribution in [0.1, 0.15) is 24.1 Å². The Morgan fingerprint density at radius 1 is 1.24 bits per heavy atom. The van der Waals surface area contributed by atoms with Gasteiger partial charge in [0.05, 0.1) is 16.8 Å². The van der Waals surface area contributed by atoms with E-state index in [1.807, 2.05) is 27.0 Å². The fourth-order valence-corrected chi connectivity index (χ4v) is 3.06. The lowest BCUT2D eigenvalue weighted by Crippen LogP contribution is -2.16. The molecule has 5 nitrogen and oxygen atoms in total. The molecule has 1 atom stereocenters. The van der Waals surface area contributed by atoms with Gasteiger partial charge in [0, 0.05) is 12.2 Å². The number of nitrogens with zero attached hydrogens (tertiary/aromatic N) is 1. The van der Waals surface area contributed by atoms with Crippen LogP contribution in [0.15, 0.2) is 47.6 Å². The van der Waals surface area contributed by atoms with Crippen molar-refractivity contribution in [2.24, 2.45) is 0 Å². The van der Waals surface area contributed by atoms with Gasteiger partial charge in [0.25, 0.3) is 10.0 Å².